The minimum atomic E-state index is -0.276. The van der Waals surface area contributed by atoms with Crippen molar-refractivity contribution in [3.63, 3.8) is 0 Å². The third-order valence-corrected chi connectivity index (χ3v) is 3.73. The average Bonchev–Trinajstić information content (AvgIpc) is 2.41. The van der Waals surface area contributed by atoms with Gasteiger partial charge in [-0.3, -0.25) is 0 Å². The number of hydrogen-bond donors (Lipinski definition) is 2. The van der Waals surface area contributed by atoms with Crippen molar-refractivity contribution in [3.8, 4) is 5.75 Å². The Morgan fingerprint density at radius 2 is 2.32 bits per heavy atom. The Morgan fingerprint density at radius 3 is 2.95 bits per heavy atom. The van der Waals surface area contributed by atoms with Crippen LogP contribution in [0.2, 0.25) is 0 Å². The van der Waals surface area contributed by atoms with Crippen LogP contribution in [0, 0.1) is 5.82 Å². The van der Waals surface area contributed by atoms with Gasteiger partial charge in [0.05, 0.1) is 18.3 Å². The molecule has 0 spiro atoms. The number of likely N-dealkylation sites (N-methyl/N-ethyl adjacent to an activating group) is 1. The zero-order chi connectivity index (χ0) is 13.9. The van der Waals surface area contributed by atoms with E-state index in [1.165, 1.54) is 6.07 Å². The molecule has 2 rings (SSSR count). The van der Waals surface area contributed by atoms with E-state index >= 15 is 0 Å². The lowest BCUT2D eigenvalue weighted by Crippen LogP contribution is -2.56. The Labute approximate surface area is 113 Å². The first-order valence-electron chi connectivity index (χ1n) is 6.59. The standard InChI is InChI=1S/C14H22FN3O/c1-18-7-3-6-14(9-16,10-18)17-13-8-11(19-2)4-5-12(13)15/h4-5,8,17H,3,6-7,9-10,16H2,1-2H3. The number of piperidine rings is 1. The number of nitrogens with zero attached hydrogens (tertiary/aromatic N) is 1. The molecule has 0 aromatic heterocycles. The highest BCUT2D eigenvalue weighted by atomic mass is 19.1. The Bertz CT molecular complexity index is 441. The number of nitrogens with one attached hydrogen (secondary N) is 1. The summed E-state index contributed by atoms with van der Waals surface area (Å²) in [6.07, 6.45) is 2.01. The van der Waals surface area contributed by atoms with Crippen molar-refractivity contribution in [2.75, 3.05) is 39.1 Å². The number of methoxy groups -OCH3 is 1. The molecule has 0 bridgehead atoms. The Balaban J connectivity index is 2.22. The van der Waals surface area contributed by atoms with Crippen molar-refractivity contribution in [3.05, 3.63) is 24.0 Å². The molecule has 0 aliphatic carbocycles. The van der Waals surface area contributed by atoms with E-state index in [9.17, 15) is 4.39 Å². The largest absolute Gasteiger partial charge is 0.497 e. The summed E-state index contributed by atoms with van der Waals surface area (Å²) in [4.78, 5) is 2.22. The molecule has 1 aromatic rings. The van der Waals surface area contributed by atoms with Crippen LogP contribution in [-0.4, -0.2) is 44.2 Å². The molecule has 3 N–H and O–H groups in total. The lowest BCUT2D eigenvalue weighted by atomic mass is 9.89. The number of halogens is 1. The van der Waals surface area contributed by atoms with E-state index in [2.05, 4.69) is 17.3 Å². The van der Waals surface area contributed by atoms with Gasteiger partial charge in [0, 0.05) is 19.2 Å². The van der Waals surface area contributed by atoms with Gasteiger partial charge in [0.1, 0.15) is 11.6 Å². The van der Waals surface area contributed by atoms with Gasteiger partial charge in [-0.25, -0.2) is 4.39 Å². The van der Waals surface area contributed by atoms with E-state index in [4.69, 9.17) is 10.5 Å². The molecule has 19 heavy (non-hydrogen) atoms. The number of hydrogen-bond acceptors (Lipinski definition) is 4. The predicted molar refractivity (Wildman–Crippen MR) is 75.1 cm³/mol. The summed E-state index contributed by atoms with van der Waals surface area (Å²) in [6.45, 7) is 2.36. The number of anilines is 1. The van der Waals surface area contributed by atoms with Crippen LogP contribution in [0.25, 0.3) is 0 Å². The molecule has 1 unspecified atom stereocenters. The molecule has 0 radical (unpaired) electrons. The normalized spacial score (nSPS) is 24.2. The zero-order valence-electron chi connectivity index (χ0n) is 11.6. The third kappa shape index (κ3) is 3.16. The number of likely N-dealkylation sites (tertiary alicyclic amines) is 1. The summed E-state index contributed by atoms with van der Waals surface area (Å²) in [5.41, 5.74) is 6.12. The second-order valence-electron chi connectivity index (χ2n) is 5.30. The number of benzene rings is 1. The molecule has 1 aromatic carbocycles. The Morgan fingerprint density at radius 1 is 1.53 bits per heavy atom. The van der Waals surface area contributed by atoms with Crippen molar-refractivity contribution in [2.24, 2.45) is 5.73 Å². The van der Waals surface area contributed by atoms with Crippen LogP contribution in [-0.2, 0) is 0 Å². The monoisotopic (exact) mass is 267 g/mol. The fourth-order valence-electron chi connectivity index (χ4n) is 2.69. The van der Waals surface area contributed by atoms with Crippen LogP contribution in [0.1, 0.15) is 12.8 Å². The molecule has 5 heteroatoms. The molecule has 1 fully saturated rings. The van der Waals surface area contributed by atoms with E-state index in [1.54, 1.807) is 19.2 Å². The molecular formula is C14H22FN3O. The van der Waals surface area contributed by atoms with Gasteiger partial charge >= 0.3 is 0 Å². The molecule has 4 nitrogen and oxygen atoms in total. The summed E-state index contributed by atoms with van der Waals surface area (Å²) in [5.74, 6) is 0.363. The van der Waals surface area contributed by atoms with E-state index < -0.39 is 0 Å². The maximum absolute atomic E-state index is 13.9. The summed E-state index contributed by atoms with van der Waals surface area (Å²) < 4.78 is 19.0. The quantitative estimate of drug-likeness (QED) is 0.871. The van der Waals surface area contributed by atoms with Crippen LogP contribution < -0.4 is 15.8 Å². The molecule has 0 amide bonds. The third-order valence-electron chi connectivity index (χ3n) is 3.73. The maximum Gasteiger partial charge on any atom is 0.146 e. The molecule has 106 valence electrons. The van der Waals surface area contributed by atoms with Crippen molar-refractivity contribution in [2.45, 2.75) is 18.4 Å². The second-order valence-corrected chi connectivity index (χ2v) is 5.30. The topological polar surface area (TPSA) is 50.5 Å². The highest BCUT2D eigenvalue weighted by Gasteiger charge is 2.33. The van der Waals surface area contributed by atoms with Gasteiger partial charge in [0.25, 0.3) is 0 Å². The maximum atomic E-state index is 13.9. The molecule has 0 saturated carbocycles. The van der Waals surface area contributed by atoms with Crippen LogP contribution >= 0.6 is 0 Å². The van der Waals surface area contributed by atoms with E-state index in [0.29, 0.717) is 18.0 Å². The summed E-state index contributed by atoms with van der Waals surface area (Å²) in [6, 6.07) is 4.71. The van der Waals surface area contributed by atoms with Crippen LogP contribution in [0.15, 0.2) is 18.2 Å². The number of rotatable bonds is 4. The van der Waals surface area contributed by atoms with Gasteiger partial charge in [-0.15, -0.1) is 0 Å². The predicted octanol–water partition coefficient (Wildman–Crippen LogP) is 1.67. The van der Waals surface area contributed by atoms with Gasteiger partial charge in [0.2, 0.25) is 0 Å². The van der Waals surface area contributed by atoms with Gasteiger partial charge in [-0.1, -0.05) is 0 Å². The molecule has 1 saturated heterocycles. The smallest absolute Gasteiger partial charge is 0.146 e. The zero-order valence-corrected chi connectivity index (χ0v) is 11.6. The molecule has 1 aliphatic rings. The van der Waals surface area contributed by atoms with Crippen LogP contribution in [0.5, 0.6) is 5.75 Å². The number of nitrogens with two attached hydrogens (primary N) is 1. The van der Waals surface area contributed by atoms with Crippen LogP contribution in [0.4, 0.5) is 10.1 Å². The lowest BCUT2D eigenvalue weighted by molar-refractivity contribution is 0.198. The first-order chi connectivity index (χ1) is 9.08. The molecule has 1 aliphatic heterocycles. The highest BCUT2D eigenvalue weighted by molar-refractivity contribution is 5.52. The van der Waals surface area contributed by atoms with Crippen LogP contribution in [0.3, 0.4) is 0 Å². The fourth-order valence-corrected chi connectivity index (χ4v) is 2.69. The van der Waals surface area contributed by atoms with Gasteiger partial charge in [-0.2, -0.15) is 0 Å². The molecule has 1 atom stereocenters. The Hall–Kier alpha value is -1.33. The van der Waals surface area contributed by atoms with E-state index in [1.807, 2.05) is 0 Å². The first kappa shape index (κ1) is 14.1. The molecular weight excluding hydrogens is 245 g/mol. The van der Waals surface area contributed by atoms with Crippen molar-refractivity contribution >= 4 is 5.69 Å². The minimum Gasteiger partial charge on any atom is -0.497 e. The van der Waals surface area contributed by atoms with Crippen molar-refractivity contribution in [1.29, 1.82) is 0 Å². The minimum absolute atomic E-state index is 0.264. The number of ether oxygens (including phenoxy) is 1. The summed E-state index contributed by atoms with van der Waals surface area (Å²) in [7, 11) is 3.64. The highest BCUT2D eigenvalue weighted by Crippen LogP contribution is 2.28. The second kappa shape index (κ2) is 5.75. The fraction of sp³-hybridized carbons (Fsp3) is 0.571. The summed E-state index contributed by atoms with van der Waals surface area (Å²) in [5, 5.41) is 3.30. The van der Waals surface area contributed by atoms with Crippen molar-refractivity contribution in [1.82, 2.24) is 4.90 Å². The van der Waals surface area contributed by atoms with Gasteiger partial charge < -0.3 is 20.7 Å². The average molecular weight is 267 g/mol. The lowest BCUT2D eigenvalue weighted by Gasteiger charge is -2.42. The van der Waals surface area contributed by atoms with E-state index in [-0.39, 0.29) is 11.4 Å². The Kier molecular flexibility index (Phi) is 4.27. The summed E-state index contributed by atoms with van der Waals surface area (Å²) >= 11 is 0. The van der Waals surface area contributed by atoms with Gasteiger partial charge in [0.15, 0.2) is 0 Å². The van der Waals surface area contributed by atoms with E-state index in [0.717, 1.165) is 25.9 Å². The molecule has 1 heterocycles. The first-order valence-corrected chi connectivity index (χ1v) is 6.59. The SMILES string of the molecule is COc1ccc(F)c(NC2(CN)CCCN(C)C2)c1. The van der Waals surface area contributed by atoms with Gasteiger partial charge in [-0.05, 0) is 38.6 Å². The van der Waals surface area contributed by atoms with Crippen molar-refractivity contribution < 1.29 is 9.13 Å².